The minimum Gasteiger partial charge on any atom is -0.386 e. The fraction of sp³-hybridized carbons (Fsp3) is 0.500. The van der Waals surface area contributed by atoms with Crippen LogP contribution in [0.4, 0.5) is 0 Å². The summed E-state index contributed by atoms with van der Waals surface area (Å²) in [6.07, 6.45) is 2.06. The number of aliphatic hydroxyl groups excluding tert-OH is 1. The molecule has 3 N–H and O–H groups in total. The van der Waals surface area contributed by atoms with Crippen molar-refractivity contribution in [1.82, 2.24) is 10.6 Å². The Labute approximate surface area is 128 Å². The molecule has 0 unspecified atom stereocenters. The van der Waals surface area contributed by atoms with Gasteiger partial charge < -0.3 is 15.7 Å². The fourth-order valence-electron chi connectivity index (χ4n) is 2.33. The predicted molar refractivity (Wildman–Crippen MR) is 80.1 cm³/mol. The molecule has 6 heteroatoms. The van der Waals surface area contributed by atoms with Crippen molar-refractivity contribution >= 4 is 29.1 Å². The van der Waals surface area contributed by atoms with Crippen LogP contribution in [0.5, 0.6) is 0 Å². The van der Waals surface area contributed by atoms with Gasteiger partial charge in [0.2, 0.25) is 5.91 Å². The number of nitrogens with one attached hydrogen (secondary N) is 2. The summed E-state index contributed by atoms with van der Waals surface area (Å²) in [6, 6.07) is 4.87. The summed E-state index contributed by atoms with van der Waals surface area (Å²) in [5.41, 5.74) is 0.452. The molecular formula is C14H18Cl2N2O2. The standard InChI is InChI=1S/C14H18Cl2N2O2/c15-9-4-3-5-10(16)13(9)12(19)8-18-14(20)11-6-1-2-7-17-11/h3-5,11-12,17,19H,1-2,6-8H2,(H,18,20)/t11-,12+/m0/s1. The van der Waals surface area contributed by atoms with Gasteiger partial charge in [-0.1, -0.05) is 35.7 Å². The fourth-order valence-corrected chi connectivity index (χ4v) is 2.98. The summed E-state index contributed by atoms with van der Waals surface area (Å²) in [4.78, 5) is 12.0. The molecule has 0 saturated carbocycles. The minimum absolute atomic E-state index is 0.0908. The van der Waals surface area contributed by atoms with Gasteiger partial charge in [0.25, 0.3) is 0 Å². The van der Waals surface area contributed by atoms with Crippen molar-refractivity contribution in [2.75, 3.05) is 13.1 Å². The maximum atomic E-state index is 12.0. The minimum atomic E-state index is -0.913. The van der Waals surface area contributed by atoms with Crippen LogP contribution in [0.1, 0.15) is 30.9 Å². The molecule has 0 aliphatic carbocycles. The van der Waals surface area contributed by atoms with Crippen LogP contribution in [0, 0.1) is 0 Å². The Morgan fingerprint density at radius 1 is 1.40 bits per heavy atom. The predicted octanol–water partition coefficient (Wildman–Crippen LogP) is 2.29. The summed E-state index contributed by atoms with van der Waals surface area (Å²) in [5, 5.41) is 16.8. The van der Waals surface area contributed by atoms with E-state index in [1.165, 1.54) is 0 Å². The first-order valence-electron chi connectivity index (χ1n) is 6.72. The van der Waals surface area contributed by atoms with Crippen LogP contribution in [-0.2, 0) is 4.79 Å². The van der Waals surface area contributed by atoms with Crippen molar-refractivity contribution in [3.63, 3.8) is 0 Å². The van der Waals surface area contributed by atoms with E-state index in [-0.39, 0.29) is 18.5 Å². The third-order valence-corrected chi connectivity index (χ3v) is 4.09. The van der Waals surface area contributed by atoms with E-state index in [1.807, 2.05) is 0 Å². The van der Waals surface area contributed by atoms with Crippen LogP contribution in [-0.4, -0.2) is 30.1 Å². The molecular weight excluding hydrogens is 299 g/mol. The van der Waals surface area contributed by atoms with Crippen LogP contribution in [0.25, 0.3) is 0 Å². The normalized spacial score (nSPS) is 20.4. The van der Waals surface area contributed by atoms with E-state index in [0.29, 0.717) is 15.6 Å². The number of carbonyl (C=O) groups excluding carboxylic acids is 1. The number of halogens is 2. The van der Waals surface area contributed by atoms with E-state index < -0.39 is 6.10 Å². The molecule has 0 spiro atoms. The number of rotatable bonds is 4. The lowest BCUT2D eigenvalue weighted by Gasteiger charge is -2.23. The zero-order valence-corrected chi connectivity index (χ0v) is 12.5. The summed E-state index contributed by atoms with van der Waals surface area (Å²) in [6.45, 7) is 0.956. The average molecular weight is 317 g/mol. The highest BCUT2D eigenvalue weighted by atomic mass is 35.5. The van der Waals surface area contributed by atoms with Gasteiger partial charge in [-0.3, -0.25) is 4.79 Å². The Kier molecular flexibility index (Phi) is 5.66. The van der Waals surface area contributed by atoms with Crippen LogP contribution in [0.2, 0.25) is 10.0 Å². The first-order valence-corrected chi connectivity index (χ1v) is 7.48. The molecule has 1 aromatic rings. The smallest absolute Gasteiger partial charge is 0.237 e. The highest BCUT2D eigenvalue weighted by Crippen LogP contribution is 2.29. The second kappa shape index (κ2) is 7.27. The van der Waals surface area contributed by atoms with Gasteiger partial charge in [-0.15, -0.1) is 0 Å². The largest absolute Gasteiger partial charge is 0.386 e. The molecule has 1 amide bonds. The molecule has 1 aromatic carbocycles. The third kappa shape index (κ3) is 3.85. The van der Waals surface area contributed by atoms with E-state index in [2.05, 4.69) is 10.6 Å². The maximum absolute atomic E-state index is 12.0. The lowest BCUT2D eigenvalue weighted by molar-refractivity contribution is -0.124. The van der Waals surface area contributed by atoms with E-state index >= 15 is 0 Å². The molecule has 0 radical (unpaired) electrons. The topological polar surface area (TPSA) is 61.4 Å². The lowest BCUT2D eigenvalue weighted by Crippen LogP contribution is -2.47. The van der Waals surface area contributed by atoms with Gasteiger partial charge in [-0.2, -0.15) is 0 Å². The Morgan fingerprint density at radius 3 is 2.70 bits per heavy atom. The number of hydrogen-bond acceptors (Lipinski definition) is 3. The number of benzene rings is 1. The van der Waals surface area contributed by atoms with Crippen molar-refractivity contribution in [2.45, 2.75) is 31.4 Å². The first-order chi connectivity index (χ1) is 9.59. The second-order valence-corrected chi connectivity index (χ2v) is 5.71. The van der Waals surface area contributed by atoms with Crippen LogP contribution in [0.3, 0.4) is 0 Å². The van der Waals surface area contributed by atoms with Crippen molar-refractivity contribution in [3.05, 3.63) is 33.8 Å². The Hall–Kier alpha value is -0.810. The molecule has 0 aromatic heterocycles. The summed E-state index contributed by atoms with van der Waals surface area (Å²) in [5.74, 6) is -0.0908. The van der Waals surface area contributed by atoms with Crippen molar-refractivity contribution in [2.24, 2.45) is 0 Å². The Bertz CT molecular complexity index is 456. The monoisotopic (exact) mass is 316 g/mol. The number of carbonyl (C=O) groups is 1. The summed E-state index contributed by atoms with van der Waals surface area (Å²) in [7, 11) is 0. The molecule has 4 nitrogen and oxygen atoms in total. The van der Waals surface area contributed by atoms with Crippen molar-refractivity contribution < 1.29 is 9.90 Å². The molecule has 1 heterocycles. The molecule has 1 aliphatic heterocycles. The van der Waals surface area contributed by atoms with Gasteiger partial charge in [-0.25, -0.2) is 0 Å². The zero-order valence-electron chi connectivity index (χ0n) is 11.0. The van der Waals surface area contributed by atoms with Gasteiger partial charge in [0.15, 0.2) is 0 Å². The van der Waals surface area contributed by atoms with Gasteiger partial charge in [0.05, 0.1) is 12.1 Å². The number of amides is 1. The molecule has 2 atom stereocenters. The van der Waals surface area contributed by atoms with Crippen LogP contribution >= 0.6 is 23.2 Å². The molecule has 1 aliphatic rings. The third-order valence-electron chi connectivity index (χ3n) is 3.43. The lowest BCUT2D eigenvalue weighted by atomic mass is 10.0. The average Bonchev–Trinajstić information content (AvgIpc) is 2.45. The first kappa shape index (κ1) is 15.6. The van der Waals surface area contributed by atoms with Gasteiger partial charge in [0.1, 0.15) is 0 Å². The molecule has 1 fully saturated rings. The van der Waals surface area contributed by atoms with Crippen LogP contribution < -0.4 is 10.6 Å². The Morgan fingerprint density at radius 2 is 2.10 bits per heavy atom. The molecule has 1 saturated heterocycles. The van der Waals surface area contributed by atoms with E-state index in [1.54, 1.807) is 18.2 Å². The molecule has 110 valence electrons. The Balaban J connectivity index is 1.91. The number of hydrogen-bond donors (Lipinski definition) is 3. The quantitative estimate of drug-likeness (QED) is 0.798. The van der Waals surface area contributed by atoms with E-state index in [9.17, 15) is 9.90 Å². The highest BCUT2D eigenvalue weighted by Gasteiger charge is 2.22. The molecule has 2 rings (SSSR count). The molecule has 0 bridgehead atoms. The van der Waals surface area contributed by atoms with Gasteiger partial charge >= 0.3 is 0 Å². The number of piperidine rings is 1. The van der Waals surface area contributed by atoms with Gasteiger partial charge in [0, 0.05) is 22.2 Å². The SMILES string of the molecule is O=C(NC[C@@H](O)c1c(Cl)cccc1Cl)[C@@H]1CCCCN1. The second-order valence-electron chi connectivity index (χ2n) is 4.90. The van der Waals surface area contributed by atoms with Crippen LogP contribution in [0.15, 0.2) is 18.2 Å². The van der Waals surface area contributed by atoms with Gasteiger partial charge in [-0.05, 0) is 31.5 Å². The van der Waals surface area contributed by atoms with E-state index in [0.717, 1.165) is 25.8 Å². The number of aliphatic hydroxyl groups is 1. The van der Waals surface area contributed by atoms with Crippen molar-refractivity contribution in [3.8, 4) is 0 Å². The summed E-state index contributed by atoms with van der Waals surface area (Å²) >= 11 is 12.0. The highest BCUT2D eigenvalue weighted by molar-refractivity contribution is 6.36. The maximum Gasteiger partial charge on any atom is 0.237 e. The zero-order chi connectivity index (χ0) is 14.5. The summed E-state index contributed by atoms with van der Waals surface area (Å²) < 4.78 is 0. The molecule has 20 heavy (non-hydrogen) atoms. The van der Waals surface area contributed by atoms with E-state index in [4.69, 9.17) is 23.2 Å². The van der Waals surface area contributed by atoms with Crippen molar-refractivity contribution in [1.29, 1.82) is 0 Å².